The van der Waals surface area contributed by atoms with Crippen molar-refractivity contribution in [3.05, 3.63) is 29.6 Å². The maximum absolute atomic E-state index is 11.6. The van der Waals surface area contributed by atoms with E-state index in [1.165, 1.54) is 18.0 Å². The Morgan fingerprint density at radius 2 is 2.12 bits per heavy atom. The van der Waals surface area contributed by atoms with Crippen LogP contribution in [0, 0.1) is 5.21 Å². The molecule has 0 spiro atoms. The molecule has 1 amide bonds. The molecule has 0 aromatic carbocycles. The summed E-state index contributed by atoms with van der Waals surface area (Å²) in [4.78, 5) is 11.6. The molecule has 0 aliphatic rings. The van der Waals surface area contributed by atoms with Gasteiger partial charge in [0.15, 0.2) is 6.20 Å². The average Bonchev–Trinajstić information content (AvgIpc) is 2.20. The average molecular weight is 240 g/mol. The molecule has 0 unspecified atom stereocenters. The van der Waals surface area contributed by atoms with E-state index in [-0.39, 0.29) is 17.2 Å². The van der Waals surface area contributed by atoms with Gasteiger partial charge in [-0.25, -0.2) is 0 Å². The Kier molecular flexibility index (Phi) is 4.61. The molecule has 4 nitrogen and oxygen atoms in total. The molecule has 0 aliphatic heterocycles. The number of nitrogens with one attached hydrogen (secondary N) is 1. The summed E-state index contributed by atoms with van der Waals surface area (Å²) in [6.45, 7) is 5.60. The number of carbonyl (C=O) groups excluding carboxylic acids is 1. The van der Waals surface area contributed by atoms with Gasteiger partial charge in [0.05, 0.1) is 5.25 Å². The molecule has 1 N–H and O–H groups in total. The third-order valence-electron chi connectivity index (χ3n) is 1.89. The quantitative estimate of drug-likeness (QED) is 0.490. The van der Waals surface area contributed by atoms with E-state index in [1.54, 1.807) is 25.1 Å². The van der Waals surface area contributed by atoms with Crippen molar-refractivity contribution in [2.24, 2.45) is 0 Å². The Bertz CT molecular complexity index is 369. The van der Waals surface area contributed by atoms with Crippen LogP contribution >= 0.6 is 11.8 Å². The number of carbonyl (C=O) groups is 1. The minimum Gasteiger partial charge on any atom is -0.618 e. The highest BCUT2D eigenvalue weighted by molar-refractivity contribution is 8.00. The van der Waals surface area contributed by atoms with Crippen LogP contribution in [-0.4, -0.2) is 17.2 Å². The van der Waals surface area contributed by atoms with Gasteiger partial charge in [0.1, 0.15) is 0 Å². The Balaban J connectivity index is 2.61. The molecule has 1 aromatic rings. The third kappa shape index (κ3) is 3.73. The number of aromatic nitrogens is 1. The third-order valence-corrected chi connectivity index (χ3v) is 3.01. The van der Waals surface area contributed by atoms with Crippen molar-refractivity contribution in [2.45, 2.75) is 37.1 Å². The van der Waals surface area contributed by atoms with Gasteiger partial charge in [-0.15, -0.1) is 0 Å². The van der Waals surface area contributed by atoms with Gasteiger partial charge in [0.25, 0.3) is 5.03 Å². The summed E-state index contributed by atoms with van der Waals surface area (Å²) in [6.07, 6.45) is 1.43. The zero-order valence-corrected chi connectivity index (χ0v) is 10.5. The van der Waals surface area contributed by atoms with E-state index in [2.05, 4.69) is 5.32 Å². The van der Waals surface area contributed by atoms with Crippen LogP contribution in [0.25, 0.3) is 0 Å². The fraction of sp³-hybridized carbons (Fsp3) is 0.455. The molecule has 1 rings (SSSR count). The van der Waals surface area contributed by atoms with E-state index in [0.29, 0.717) is 5.03 Å². The molecular formula is C11H16N2O2S. The number of pyridine rings is 1. The zero-order valence-electron chi connectivity index (χ0n) is 9.64. The van der Waals surface area contributed by atoms with E-state index in [1.807, 2.05) is 13.8 Å². The Hall–Kier alpha value is -1.23. The van der Waals surface area contributed by atoms with Gasteiger partial charge in [-0.3, -0.25) is 4.79 Å². The summed E-state index contributed by atoms with van der Waals surface area (Å²) >= 11 is 1.26. The molecule has 88 valence electrons. The Morgan fingerprint density at radius 1 is 1.44 bits per heavy atom. The lowest BCUT2D eigenvalue weighted by atomic mass is 10.3. The van der Waals surface area contributed by atoms with Gasteiger partial charge in [-0.1, -0.05) is 0 Å². The van der Waals surface area contributed by atoms with Crippen molar-refractivity contribution in [3.63, 3.8) is 0 Å². The van der Waals surface area contributed by atoms with Crippen molar-refractivity contribution in [1.82, 2.24) is 5.32 Å². The highest BCUT2D eigenvalue weighted by Crippen LogP contribution is 2.19. The normalized spacial score (nSPS) is 12.5. The van der Waals surface area contributed by atoms with Crippen molar-refractivity contribution >= 4 is 17.7 Å². The summed E-state index contributed by atoms with van der Waals surface area (Å²) in [5.74, 6) is -0.0520. The van der Waals surface area contributed by atoms with Gasteiger partial charge >= 0.3 is 0 Å². The highest BCUT2D eigenvalue weighted by Gasteiger charge is 2.18. The lowest BCUT2D eigenvalue weighted by molar-refractivity contribution is -0.645. The van der Waals surface area contributed by atoms with Gasteiger partial charge in [-0.05, 0) is 38.6 Å². The first kappa shape index (κ1) is 12.8. The standard InChI is InChI=1S/C11H16N2O2S/c1-8(2)12-11(14)9(3)16-10-6-4-5-7-13(10)15/h4-9H,1-3H3,(H,12,14)/t9-/m0/s1. The second-order valence-corrected chi connectivity index (χ2v) is 5.15. The SMILES string of the molecule is CC(C)NC(=O)[C@H](C)Sc1cccc[n+]1[O-]. The van der Waals surface area contributed by atoms with Crippen molar-refractivity contribution in [2.75, 3.05) is 0 Å². The summed E-state index contributed by atoms with van der Waals surface area (Å²) < 4.78 is 0.768. The van der Waals surface area contributed by atoms with E-state index in [0.717, 1.165) is 4.73 Å². The minimum atomic E-state index is -0.273. The van der Waals surface area contributed by atoms with Crippen molar-refractivity contribution < 1.29 is 9.52 Å². The molecule has 0 saturated heterocycles. The minimum absolute atomic E-state index is 0.0520. The molecule has 0 fully saturated rings. The summed E-state index contributed by atoms with van der Waals surface area (Å²) in [6, 6.07) is 5.27. The van der Waals surface area contributed by atoms with E-state index < -0.39 is 0 Å². The molecule has 16 heavy (non-hydrogen) atoms. The first-order valence-corrected chi connectivity index (χ1v) is 6.04. The van der Waals surface area contributed by atoms with Crippen LogP contribution < -0.4 is 10.0 Å². The number of rotatable bonds is 4. The summed E-state index contributed by atoms with van der Waals surface area (Å²) in [7, 11) is 0. The predicted molar refractivity (Wildman–Crippen MR) is 64.0 cm³/mol. The van der Waals surface area contributed by atoms with Crippen LogP contribution in [0.15, 0.2) is 29.4 Å². The first-order valence-electron chi connectivity index (χ1n) is 5.16. The van der Waals surface area contributed by atoms with Gasteiger partial charge in [0.2, 0.25) is 5.91 Å². The van der Waals surface area contributed by atoms with Gasteiger partial charge in [0, 0.05) is 18.2 Å². The maximum Gasteiger partial charge on any atom is 0.252 e. The van der Waals surface area contributed by atoms with Crippen molar-refractivity contribution in [3.8, 4) is 0 Å². The molecule has 1 heterocycles. The van der Waals surface area contributed by atoms with Crippen LogP contribution in [0.4, 0.5) is 0 Å². The smallest absolute Gasteiger partial charge is 0.252 e. The zero-order chi connectivity index (χ0) is 12.1. The number of hydrogen-bond acceptors (Lipinski definition) is 3. The fourth-order valence-electron chi connectivity index (χ4n) is 1.14. The largest absolute Gasteiger partial charge is 0.618 e. The van der Waals surface area contributed by atoms with E-state index >= 15 is 0 Å². The van der Waals surface area contributed by atoms with Crippen LogP contribution in [0.2, 0.25) is 0 Å². The Morgan fingerprint density at radius 3 is 2.69 bits per heavy atom. The van der Waals surface area contributed by atoms with E-state index in [9.17, 15) is 10.0 Å². The molecule has 0 bridgehead atoms. The number of thioether (sulfide) groups is 1. The van der Waals surface area contributed by atoms with Crippen LogP contribution in [0.5, 0.6) is 0 Å². The first-order chi connectivity index (χ1) is 7.50. The van der Waals surface area contributed by atoms with Crippen LogP contribution in [-0.2, 0) is 4.79 Å². The summed E-state index contributed by atoms with van der Waals surface area (Å²) in [5.41, 5.74) is 0. The molecule has 5 heteroatoms. The molecule has 0 radical (unpaired) electrons. The molecule has 1 atom stereocenters. The maximum atomic E-state index is 11.6. The van der Waals surface area contributed by atoms with Gasteiger partial charge in [-0.2, -0.15) is 4.73 Å². The van der Waals surface area contributed by atoms with Crippen molar-refractivity contribution in [1.29, 1.82) is 0 Å². The lowest BCUT2D eigenvalue weighted by Gasteiger charge is -2.13. The van der Waals surface area contributed by atoms with E-state index in [4.69, 9.17) is 0 Å². The molecule has 0 aliphatic carbocycles. The second-order valence-electron chi connectivity index (χ2n) is 3.79. The molecule has 1 aromatic heterocycles. The topological polar surface area (TPSA) is 56.0 Å². The molecular weight excluding hydrogens is 224 g/mol. The fourth-order valence-corrected chi connectivity index (χ4v) is 2.00. The lowest BCUT2D eigenvalue weighted by Crippen LogP contribution is -2.37. The van der Waals surface area contributed by atoms with Crippen LogP contribution in [0.3, 0.4) is 0 Å². The molecule has 0 saturated carbocycles. The monoisotopic (exact) mass is 240 g/mol. The summed E-state index contributed by atoms with van der Waals surface area (Å²) in [5, 5.41) is 14.4. The Labute approximate surface area is 99.6 Å². The van der Waals surface area contributed by atoms with Crippen LogP contribution in [0.1, 0.15) is 20.8 Å². The highest BCUT2D eigenvalue weighted by atomic mass is 32.2. The predicted octanol–water partition coefficient (Wildman–Crippen LogP) is 1.33. The number of hydrogen-bond donors (Lipinski definition) is 1. The van der Waals surface area contributed by atoms with Gasteiger partial charge < -0.3 is 10.5 Å². The second kappa shape index (κ2) is 5.75. The number of amides is 1. The number of nitrogens with zero attached hydrogens (tertiary/aromatic N) is 1.